The molecule has 184 valence electrons. The maximum Gasteiger partial charge on any atom is 0.325 e. The van der Waals surface area contributed by atoms with Gasteiger partial charge in [0.1, 0.15) is 11.2 Å². The molecule has 4 amide bonds. The predicted octanol–water partition coefficient (Wildman–Crippen LogP) is 3.31. The Labute approximate surface area is 201 Å². The molecular formula is C26H37N5O3. The molecule has 0 radical (unpaired) electrons. The molecule has 0 spiro atoms. The van der Waals surface area contributed by atoms with E-state index in [1.54, 1.807) is 0 Å². The highest BCUT2D eigenvalue weighted by atomic mass is 16.2. The molecule has 0 bridgehead atoms. The standard InChI is InChI=1S/C26H37N5O3/c1-18(2)9-12-26(24(33)31(25(34)28-26)16-15-29(3)4)20-10-13-30(14-11-20)23(32)22-17-19-7-5-6-8-21(19)27-22/h5-8,17-18,20,27H,9-16H2,1-4H3,(H,28,34)/t26-/m1/s1. The second kappa shape index (κ2) is 9.78. The quantitative estimate of drug-likeness (QED) is 0.583. The molecule has 2 aliphatic heterocycles. The number of H-pyrrole nitrogens is 1. The molecule has 8 heteroatoms. The highest BCUT2D eigenvalue weighted by Gasteiger charge is 2.55. The molecular weight excluding hydrogens is 430 g/mol. The molecule has 2 saturated heterocycles. The Morgan fingerprint density at radius 3 is 2.53 bits per heavy atom. The minimum Gasteiger partial charge on any atom is -0.351 e. The third-order valence-electron chi connectivity index (χ3n) is 7.33. The van der Waals surface area contributed by atoms with Crippen molar-refractivity contribution in [3.05, 3.63) is 36.0 Å². The van der Waals surface area contributed by atoms with Gasteiger partial charge < -0.3 is 20.1 Å². The van der Waals surface area contributed by atoms with E-state index in [4.69, 9.17) is 0 Å². The SMILES string of the molecule is CC(C)CC[C@]1(C2CCN(C(=O)c3cc4ccccc4[nH]3)CC2)NC(=O)N(CCN(C)C)C1=O. The molecule has 3 heterocycles. The van der Waals surface area contributed by atoms with Gasteiger partial charge in [-0.2, -0.15) is 0 Å². The van der Waals surface area contributed by atoms with Crippen LogP contribution in [-0.2, 0) is 4.79 Å². The van der Waals surface area contributed by atoms with Crippen LogP contribution in [0.5, 0.6) is 0 Å². The number of fused-ring (bicyclic) bond motifs is 1. The number of nitrogens with zero attached hydrogens (tertiary/aromatic N) is 3. The fourth-order valence-electron chi connectivity index (χ4n) is 5.25. The summed E-state index contributed by atoms with van der Waals surface area (Å²) in [6, 6.07) is 9.48. The minimum absolute atomic E-state index is 0.0128. The maximum absolute atomic E-state index is 13.6. The van der Waals surface area contributed by atoms with Crippen LogP contribution in [0.1, 0.15) is 50.0 Å². The van der Waals surface area contributed by atoms with E-state index in [0.717, 1.165) is 17.3 Å². The van der Waals surface area contributed by atoms with E-state index in [9.17, 15) is 14.4 Å². The lowest BCUT2D eigenvalue weighted by molar-refractivity contribution is -0.134. The van der Waals surface area contributed by atoms with Gasteiger partial charge in [-0.3, -0.25) is 14.5 Å². The van der Waals surface area contributed by atoms with E-state index in [0.29, 0.717) is 57.1 Å². The Morgan fingerprint density at radius 2 is 1.88 bits per heavy atom. The average Bonchev–Trinajstić information content (AvgIpc) is 3.35. The normalized spacial score (nSPS) is 21.8. The lowest BCUT2D eigenvalue weighted by Gasteiger charge is -2.41. The maximum atomic E-state index is 13.6. The zero-order valence-corrected chi connectivity index (χ0v) is 20.8. The number of imide groups is 1. The van der Waals surface area contributed by atoms with E-state index >= 15 is 0 Å². The summed E-state index contributed by atoms with van der Waals surface area (Å²) in [7, 11) is 3.87. The number of hydrogen-bond acceptors (Lipinski definition) is 4. The molecule has 2 N–H and O–H groups in total. The summed E-state index contributed by atoms with van der Waals surface area (Å²) in [5.41, 5.74) is 0.670. The van der Waals surface area contributed by atoms with Gasteiger partial charge in [0, 0.05) is 37.1 Å². The predicted molar refractivity (Wildman–Crippen MR) is 133 cm³/mol. The number of para-hydroxylation sites is 1. The number of carbonyl (C=O) groups excluding carboxylic acids is 3. The van der Waals surface area contributed by atoms with E-state index in [-0.39, 0.29) is 23.8 Å². The highest BCUT2D eigenvalue weighted by Crippen LogP contribution is 2.38. The summed E-state index contributed by atoms with van der Waals surface area (Å²) in [5.74, 6) is 0.334. The van der Waals surface area contributed by atoms with E-state index in [1.807, 2.05) is 54.2 Å². The number of aromatic amines is 1. The molecule has 2 aromatic rings. The summed E-state index contributed by atoms with van der Waals surface area (Å²) >= 11 is 0. The van der Waals surface area contributed by atoms with Gasteiger partial charge in [-0.1, -0.05) is 32.0 Å². The number of urea groups is 1. The number of nitrogens with one attached hydrogen (secondary N) is 2. The molecule has 0 saturated carbocycles. The molecule has 34 heavy (non-hydrogen) atoms. The Kier molecular flexibility index (Phi) is 6.98. The van der Waals surface area contributed by atoms with E-state index in [2.05, 4.69) is 24.1 Å². The number of aromatic nitrogens is 1. The third kappa shape index (κ3) is 4.69. The van der Waals surface area contributed by atoms with Crippen molar-refractivity contribution in [2.24, 2.45) is 11.8 Å². The Bertz CT molecular complexity index is 1020. The topological polar surface area (TPSA) is 88.8 Å². The molecule has 1 atom stereocenters. The molecule has 0 aliphatic carbocycles. The van der Waals surface area contributed by atoms with Crippen LogP contribution < -0.4 is 5.32 Å². The molecule has 2 aliphatic rings. The molecule has 1 aromatic heterocycles. The third-order valence-corrected chi connectivity index (χ3v) is 7.33. The lowest BCUT2D eigenvalue weighted by Crippen LogP contribution is -2.56. The first-order valence-electron chi connectivity index (χ1n) is 12.4. The van der Waals surface area contributed by atoms with Gasteiger partial charge in [-0.25, -0.2) is 4.79 Å². The fraction of sp³-hybridized carbons (Fsp3) is 0.577. The summed E-state index contributed by atoms with van der Waals surface area (Å²) in [5, 5.41) is 4.14. The Morgan fingerprint density at radius 1 is 1.18 bits per heavy atom. The highest BCUT2D eigenvalue weighted by molar-refractivity contribution is 6.07. The fourth-order valence-corrected chi connectivity index (χ4v) is 5.25. The average molecular weight is 468 g/mol. The number of likely N-dealkylation sites (N-methyl/N-ethyl adjacent to an activating group) is 1. The molecule has 8 nitrogen and oxygen atoms in total. The smallest absolute Gasteiger partial charge is 0.325 e. The van der Waals surface area contributed by atoms with Crippen LogP contribution >= 0.6 is 0 Å². The van der Waals surface area contributed by atoms with Crippen molar-refractivity contribution in [1.29, 1.82) is 0 Å². The van der Waals surface area contributed by atoms with Crippen LogP contribution in [0.3, 0.4) is 0 Å². The van der Waals surface area contributed by atoms with Crippen molar-refractivity contribution in [3.8, 4) is 0 Å². The number of rotatable bonds is 8. The molecule has 2 fully saturated rings. The largest absolute Gasteiger partial charge is 0.351 e. The number of amides is 4. The van der Waals surface area contributed by atoms with Crippen molar-refractivity contribution >= 4 is 28.7 Å². The number of carbonyl (C=O) groups is 3. The second-order valence-corrected chi connectivity index (χ2v) is 10.4. The van der Waals surface area contributed by atoms with Gasteiger partial charge in [0.2, 0.25) is 0 Å². The zero-order chi connectivity index (χ0) is 24.5. The van der Waals surface area contributed by atoms with Crippen LogP contribution in [0.4, 0.5) is 4.79 Å². The van der Waals surface area contributed by atoms with Crippen molar-refractivity contribution in [3.63, 3.8) is 0 Å². The van der Waals surface area contributed by atoms with Gasteiger partial charge in [-0.05, 0) is 63.7 Å². The first kappa shape index (κ1) is 24.3. The van der Waals surface area contributed by atoms with Crippen molar-refractivity contribution in [1.82, 2.24) is 25.0 Å². The molecule has 0 unspecified atom stereocenters. The first-order chi connectivity index (χ1) is 16.2. The second-order valence-electron chi connectivity index (χ2n) is 10.4. The van der Waals surface area contributed by atoms with Crippen LogP contribution in [0, 0.1) is 11.8 Å². The van der Waals surface area contributed by atoms with Crippen LogP contribution in [0.2, 0.25) is 0 Å². The number of benzene rings is 1. The summed E-state index contributed by atoms with van der Waals surface area (Å²) in [4.78, 5) is 48.1. The zero-order valence-electron chi connectivity index (χ0n) is 20.8. The minimum atomic E-state index is -0.871. The monoisotopic (exact) mass is 467 g/mol. The van der Waals surface area contributed by atoms with Gasteiger partial charge in [0.25, 0.3) is 11.8 Å². The summed E-state index contributed by atoms with van der Waals surface area (Å²) in [6.45, 7) is 6.45. The first-order valence-corrected chi connectivity index (χ1v) is 12.4. The summed E-state index contributed by atoms with van der Waals surface area (Å²) < 4.78 is 0. The Balaban J connectivity index is 1.48. The van der Waals surface area contributed by atoms with Gasteiger partial charge >= 0.3 is 6.03 Å². The van der Waals surface area contributed by atoms with Crippen LogP contribution in [0.15, 0.2) is 30.3 Å². The number of hydrogen-bond donors (Lipinski definition) is 2. The molecule has 4 rings (SSSR count). The number of likely N-dealkylation sites (tertiary alicyclic amines) is 1. The van der Waals surface area contributed by atoms with Gasteiger partial charge in [-0.15, -0.1) is 0 Å². The van der Waals surface area contributed by atoms with Gasteiger partial charge in [0.05, 0.1) is 0 Å². The van der Waals surface area contributed by atoms with Crippen molar-refractivity contribution in [2.45, 2.75) is 45.1 Å². The van der Waals surface area contributed by atoms with Crippen molar-refractivity contribution in [2.75, 3.05) is 40.3 Å². The summed E-state index contributed by atoms with van der Waals surface area (Å²) in [6.07, 6.45) is 2.88. The van der Waals surface area contributed by atoms with E-state index < -0.39 is 5.54 Å². The lowest BCUT2D eigenvalue weighted by atomic mass is 9.74. The van der Waals surface area contributed by atoms with Crippen LogP contribution in [0.25, 0.3) is 10.9 Å². The van der Waals surface area contributed by atoms with E-state index in [1.165, 1.54) is 4.90 Å². The molecule has 1 aromatic carbocycles. The van der Waals surface area contributed by atoms with Gasteiger partial charge in [0.15, 0.2) is 0 Å². The van der Waals surface area contributed by atoms with Crippen molar-refractivity contribution < 1.29 is 14.4 Å². The van der Waals surface area contributed by atoms with Crippen LogP contribution in [-0.4, -0.2) is 83.3 Å². The number of piperidine rings is 1. The Hall–Kier alpha value is -2.87.